The summed E-state index contributed by atoms with van der Waals surface area (Å²) in [5.41, 5.74) is 0. The summed E-state index contributed by atoms with van der Waals surface area (Å²) in [5, 5.41) is 5.97. The Labute approximate surface area is 86.6 Å². The summed E-state index contributed by atoms with van der Waals surface area (Å²) in [6, 6.07) is 0.377. The van der Waals surface area contributed by atoms with Crippen LogP contribution < -0.4 is 10.6 Å². The van der Waals surface area contributed by atoms with Gasteiger partial charge >= 0.3 is 0 Å². The van der Waals surface area contributed by atoms with Gasteiger partial charge < -0.3 is 10.6 Å². The fourth-order valence-corrected chi connectivity index (χ4v) is 2.02. The lowest BCUT2D eigenvalue weighted by molar-refractivity contribution is -0.122. The lowest BCUT2D eigenvalue weighted by atomic mass is 9.81. The van der Waals surface area contributed by atoms with Gasteiger partial charge in [0.25, 0.3) is 0 Å². The van der Waals surface area contributed by atoms with Gasteiger partial charge in [-0.05, 0) is 26.2 Å². The first-order chi connectivity index (χ1) is 6.63. The Morgan fingerprint density at radius 1 is 1.43 bits per heavy atom. The average molecular weight is 198 g/mol. The molecule has 0 bridgehead atoms. The highest BCUT2D eigenvalue weighted by atomic mass is 16.2. The zero-order valence-corrected chi connectivity index (χ0v) is 9.47. The number of nitrogens with one attached hydrogen (secondary N) is 2. The quantitative estimate of drug-likeness (QED) is 0.699. The maximum absolute atomic E-state index is 11.2. The van der Waals surface area contributed by atoms with E-state index in [9.17, 15) is 4.79 Å². The number of hydrogen-bond acceptors (Lipinski definition) is 2. The van der Waals surface area contributed by atoms with Gasteiger partial charge in [-0.2, -0.15) is 0 Å². The Balaban J connectivity index is 2.17. The van der Waals surface area contributed by atoms with Gasteiger partial charge in [-0.1, -0.05) is 19.3 Å². The first-order valence-corrected chi connectivity index (χ1v) is 5.61. The molecule has 1 aliphatic carbocycles. The highest BCUT2D eigenvalue weighted by molar-refractivity contribution is 5.80. The SMILES string of the molecule is CNC(=O)[C@@H](C)NC(C)CC1CCC1. The summed E-state index contributed by atoms with van der Waals surface area (Å²) in [7, 11) is 1.68. The zero-order chi connectivity index (χ0) is 10.6. The van der Waals surface area contributed by atoms with Crippen molar-refractivity contribution in [1.29, 1.82) is 0 Å². The molecule has 1 fully saturated rings. The molecule has 1 aliphatic rings. The highest BCUT2D eigenvalue weighted by Crippen LogP contribution is 2.30. The fraction of sp³-hybridized carbons (Fsp3) is 0.909. The Morgan fingerprint density at radius 2 is 2.07 bits per heavy atom. The van der Waals surface area contributed by atoms with Crippen molar-refractivity contribution in [1.82, 2.24) is 10.6 Å². The van der Waals surface area contributed by atoms with Gasteiger partial charge in [-0.15, -0.1) is 0 Å². The summed E-state index contributed by atoms with van der Waals surface area (Å²) in [5.74, 6) is 0.972. The molecule has 82 valence electrons. The van der Waals surface area contributed by atoms with E-state index in [1.54, 1.807) is 7.05 Å². The molecule has 2 N–H and O–H groups in total. The number of likely N-dealkylation sites (N-methyl/N-ethyl adjacent to an activating group) is 1. The minimum Gasteiger partial charge on any atom is -0.358 e. The van der Waals surface area contributed by atoms with Gasteiger partial charge in [0.1, 0.15) is 0 Å². The van der Waals surface area contributed by atoms with E-state index in [1.807, 2.05) is 6.92 Å². The molecule has 0 heterocycles. The third-order valence-corrected chi connectivity index (χ3v) is 3.09. The largest absolute Gasteiger partial charge is 0.358 e. The maximum atomic E-state index is 11.2. The van der Waals surface area contributed by atoms with Gasteiger partial charge in [-0.3, -0.25) is 4.79 Å². The van der Waals surface area contributed by atoms with E-state index in [0.29, 0.717) is 6.04 Å². The molecule has 0 aliphatic heterocycles. The van der Waals surface area contributed by atoms with Crippen LogP contribution in [0.15, 0.2) is 0 Å². The molecule has 1 amide bonds. The van der Waals surface area contributed by atoms with Crippen molar-refractivity contribution in [3.63, 3.8) is 0 Å². The summed E-state index contributed by atoms with van der Waals surface area (Å²) in [6.07, 6.45) is 5.35. The van der Waals surface area contributed by atoms with Crippen LogP contribution in [-0.4, -0.2) is 25.0 Å². The summed E-state index contributed by atoms with van der Waals surface area (Å²) in [4.78, 5) is 11.2. The monoisotopic (exact) mass is 198 g/mol. The smallest absolute Gasteiger partial charge is 0.236 e. The number of hydrogen-bond donors (Lipinski definition) is 2. The van der Waals surface area contributed by atoms with Gasteiger partial charge in [0, 0.05) is 13.1 Å². The van der Waals surface area contributed by atoms with Crippen molar-refractivity contribution >= 4 is 5.91 Å². The topological polar surface area (TPSA) is 41.1 Å². The second-order valence-corrected chi connectivity index (χ2v) is 4.44. The molecule has 2 atom stereocenters. The molecule has 1 rings (SSSR count). The van der Waals surface area contributed by atoms with Gasteiger partial charge in [0.2, 0.25) is 5.91 Å². The van der Waals surface area contributed by atoms with Crippen LogP contribution in [-0.2, 0) is 4.79 Å². The summed E-state index contributed by atoms with van der Waals surface area (Å²) in [6.45, 7) is 4.08. The predicted molar refractivity (Wildman–Crippen MR) is 58.1 cm³/mol. The molecule has 1 unspecified atom stereocenters. The molecule has 3 nitrogen and oxygen atoms in total. The Morgan fingerprint density at radius 3 is 2.50 bits per heavy atom. The standard InChI is InChI=1S/C11H22N2O/c1-8(7-10-5-4-6-10)13-9(2)11(14)12-3/h8-10,13H,4-7H2,1-3H3,(H,12,14)/t8?,9-/m1/s1. The molecule has 0 spiro atoms. The minimum absolute atomic E-state index is 0.0740. The van der Waals surface area contributed by atoms with Crippen LogP contribution in [0.4, 0.5) is 0 Å². The molecule has 1 saturated carbocycles. The molecule has 14 heavy (non-hydrogen) atoms. The molecule has 0 saturated heterocycles. The van der Waals surface area contributed by atoms with Crippen LogP contribution in [0.1, 0.15) is 39.5 Å². The molecule has 0 aromatic rings. The van der Waals surface area contributed by atoms with Crippen molar-refractivity contribution < 1.29 is 4.79 Å². The zero-order valence-electron chi connectivity index (χ0n) is 9.47. The highest BCUT2D eigenvalue weighted by Gasteiger charge is 2.21. The molecular weight excluding hydrogens is 176 g/mol. The van der Waals surface area contributed by atoms with Crippen molar-refractivity contribution in [3.8, 4) is 0 Å². The predicted octanol–water partition coefficient (Wildman–Crippen LogP) is 1.29. The van der Waals surface area contributed by atoms with E-state index in [-0.39, 0.29) is 11.9 Å². The Hall–Kier alpha value is -0.570. The van der Waals surface area contributed by atoms with E-state index in [2.05, 4.69) is 17.6 Å². The van der Waals surface area contributed by atoms with Crippen LogP contribution >= 0.6 is 0 Å². The first kappa shape index (κ1) is 11.5. The number of carbonyl (C=O) groups excluding carboxylic acids is 1. The molecule has 3 heteroatoms. The normalized spacial score (nSPS) is 21.1. The molecular formula is C11H22N2O. The van der Waals surface area contributed by atoms with Crippen molar-refractivity contribution in [2.75, 3.05) is 7.05 Å². The molecule has 0 aromatic carbocycles. The van der Waals surface area contributed by atoms with Gasteiger partial charge in [0.15, 0.2) is 0 Å². The minimum atomic E-state index is -0.0740. The third-order valence-electron chi connectivity index (χ3n) is 3.09. The van der Waals surface area contributed by atoms with E-state index in [4.69, 9.17) is 0 Å². The number of amides is 1. The van der Waals surface area contributed by atoms with Gasteiger partial charge in [0.05, 0.1) is 6.04 Å². The van der Waals surface area contributed by atoms with Gasteiger partial charge in [-0.25, -0.2) is 0 Å². The second kappa shape index (κ2) is 5.35. The maximum Gasteiger partial charge on any atom is 0.236 e. The fourth-order valence-electron chi connectivity index (χ4n) is 2.02. The number of rotatable bonds is 5. The summed E-state index contributed by atoms with van der Waals surface area (Å²) < 4.78 is 0. The third kappa shape index (κ3) is 3.29. The van der Waals surface area contributed by atoms with E-state index in [1.165, 1.54) is 25.7 Å². The Kier molecular flexibility index (Phi) is 4.39. The van der Waals surface area contributed by atoms with Crippen molar-refractivity contribution in [3.05, 3.63) is 0 Å². The van der Waals surface area contributed by atoms with Crippen LogP contribution in [0.5, 0.6) is 0 Å². The van der Waals surface area contributed by atoms with E-state index >= 15 is 0 Å². The number of carbonyl (C=O) groups is 1. The summed E-state index contributed by atoms with van der Waals surface area (Å²) >= 11 is 0. The van der Waals surface area contributed by atoms with E-state index in [0.717, 1.165) is 5.92 Å². The van der Waals surface area contributed by atoms with E-state index < -0.39 is 0 Å². The second-order valence-electron chi connectivity index (χ2n) is 4.44. The lowest BCUT2D eigenvalue weighted by Gasteiger charge is -2.29. The molecule has 0 aromatic heterocycles. The van der Waals surface area contributed by atoms with Crippen LogP contribution in [0.3, 0.4) is 0 Å². The first-order valence-electron chi connectivity index (χ1n) is 5.61. The lowest BCUT2D eigenvalue weighted by Crippen LogP contribution is -2.45. The Bertz CT molecular complexity index is 190. The molecule has 0 radical (unpaired) electrons. The van der Waals surface area contributed by atoms with Crippen molar-refractivity contribution in [2.24, 2.45) is 5.92 Å². The van der Waals surface area contributed by atoms with Crippen molar-refractivity contribution in [2.45, 2.75) is 51.6 Å². The average Bonchev–Trinajstić information content (AvgIpc) is 2.10. The van der Waals surface area contributed by atoms with Crippen LogP contribution in [0.2, 0.25) is 0 Å². The van der Waals surface area contributed by atoms with Crippen LogP contribution in [0.25, 0.3) is 0 Å². The van der Waals surface area contributed by atoms with Crippen LogP contribution in [0, 0.1) is 5.92 Å².